The molecule has 3 nitrogen and oxygen atoms in total. The molecule has 0 aromatic rings. The quantitative estimate of drug-likeness (QED) is 0.839. The van der Waals surface area contributed by atoms with Crippen LogP contribution in [0.4, 0.5) is 0 Å². The van der Waals surface area contributed by atoms with Crippen molar-refractivity contribution in [1.29, 1.82) is 0 Å². The van der Waals surface area contributed by atoms with Gasteiger partial charge in [0.2, 0.25) is 0 Å². The molecule has 4 atom stereocenters. The van der Waals surface area contributed by atoms with Crippen LogP contribution in [0.15, 0.2) is 0 Å². The van der Waals surface area contributed by atoms with Crippen LogP contribution in [0.2, 0.25) is 0 Å². The van der Waals surface area contributed by atoms with E-state index in [2.05, 4.69) is 37.9 Å². The van der Waals surface area contributed by atoms with Crippen molar-refractivity contribution in [3.05, 3.63) is 0 Å². The van der Waals surface area contributed by atoms with Gasteiger partial charge >= 0.3 is 0 Å². The lowest BCUT2D eigenvalue weighted by molar-refractivity contribution is -0.0108. The predicted molar refractivity (Wildman–Crippen MR) is 85.0 cm³/mol. The zero-order chi connectivity index (χ0) is 14.8. The molecule has 2 aliphatic rings. The lowest BCUT2D eigenvalue weighted by Crippen LogP contribution is -2.49. The van der Waals surface area contributed by atoms with Gasteiger partial charge in [-0.1, -0.05) is 27.7 Å². The highest BCUT2D eigenvalue weighted by Gasteiger charge is 2.42. The molecule has 2 rings (SSSR count). The smallest absolute Gasteiger partial charge is 0.0724 e. The molecule has 1 saturated carbocycles. The van der Waals surface area contributed by atoms with Gasteiger partial charge in [-0.25, -0.2) is 0 Å². The van der Waals surface area contributed by atoms with Crippen LogP contribution >= 0.6 is 0 Å². The van der Waals surface area contributed by atoms with Crippen LogP contribution in [0.3, 0.4) is 0 Å². The van der Waals surface area contributed by atoms with E-state index in [1.54, 1.807) is 0 Å². The summed E-state index contributed by atoms with van der Waals surface area (Å²) in [6.07, 6.45) is 4.43. The number of likely N-dealkylation sites (tertiary alicyclic amines) is 1. The fourth-order valence-electron chi connectivity index (χ4n) is 4.28. The molecule has 0 bridgehead atoms. The van der Waals surface area contributed by atoms with Gasteiger partial charge in [0.25, 0.3) is 0 Å². The highest BCUT2D eigenvalue weighted by molar-refractivity contribution is 4.97. The lowest BCUT2D eigenvalue weighted by atomic mass is 9.84. The van der Waals surface area contributed by atoms with Crippen LogP contribution in [-0.2, 0) is 4.74 Å². The fraction of sp³-hybridized carbons (Fsp3) is 1.00. The minimum absolute atomic E-state index is 0.427. The Hall–Kier alpha value is -0.120. The summed E-state index contributed by atoms with van der Waals surface area (Å²) < 4.78 is 5.66. The number of ether oxygens (including phenoxy) is 1. The summed E-state index contributed by atoms with van der Waals surface area (Å²) in [5.74, 6) is 1.51. The molecule has 20 heavy (non-hydrogen) atoms. The van der Waals surface area contributed by atoms with Crippen LogP contribution < -0.4 is 5.32 Å². The molecule has 118 valence electrons. The summed E-state index contributed by atoms with van der Waals surface area (Å²) in [5.41, 5.74) is 0.449. The Kier molecular flexibility index (Phi) is 5.49. The van der Waals surface area contributed by atoms with Crippen LogP contribution in [0.5, 0.6) is 0 Å². The van der Waals surface area contributed by atoms with Gasteiger partial charge in [-0.2, -0.15) is 0 Å². The molecular weight excluding hydrogens is 248 g/mol. The van der Waals surface area contributed by atoms with E-state index < -0.39 is 0 Å². The van der Waals surface area contributed by atoms with Gasteiger partial charge in [0.05, 0.1) is 6.10 Å². The van der Waals surface area contributed by atoms with Crippen molar-refractivity contribution in [2.45, 2.75) is 59.1 Å². The van der Waals surface area contributed by atoms with E-state index in [1.165, 1.54) is 32.4 Å². The third-order valence-corrected chi connectivity index (χ3v) is 5.67. The van der Waals surface area contributed by atoms with Gasteiger partial charge in [-0.15, -0.1) is 0 Å². The van der Waals surface area contributed by atoms with Gasteiger partial charge in [0.1, 0.15) is 0 Å². The molecule has 0 aromatic carbocycles. The second-order valence-corrected chi connectivity index (χ2v) is 7.62. The maximum absolute atomic E-state index is 5.66. The van der Waals surface area contributed by atoms with E-state index in [1.807, 2.05) is 7.11 Å². The first kappa shape index (κ1) is 16.3. The minimum Gasteiger partial charge on any atom is -0.380 e. The molecule has 0 aromatic heterocycles. The van der Waals surface area contributed by atoms with Gasteiger partial charge in [0.15, 0.2) is 0 Å². The predicted octanol–water partition coefficient (Wildman–Crippen LogP) is 2.76. The summed E-state index contributed by atoms with van der Waals surface area (Å²) in [6.45, 7) is 14.1. The molecule has 0 amide bonds. The molecule has 1 aliphatic carbocycles. The fourth-order valence-corrected chi connectivity index (χ4v) is 4.28. The van der Waals surface area contributed by atoms with E-state index in [4.69, 9.17) is 4.74 Å². The molecule has 1 N–H and O–H groups in total. The normalized spacial score (nSPS) is 38.2. The Bertz CT molecular complexity index is 305. The molecule has 1 saturated heterocycles. The molecule has 1 aliphatic heterocycles. The van der Waals surface area contributed by atoms with E-state index >= 15 is 0 Å². The summed E-state index contributed by atoms with van der Waals surface area (Å²) in [4.78, 5) is 2.64. The van der Waals surface area contributed by atoms with Crippen LogP contribution in [0.25, 0.3) is 0 Å². The van der Waals surface area contributed by atoms with E-state index in [9.17, 15) is 0 Å². The van der Waals surface area contributed by atoms with E-state index in [-0.39, 0.29) is 0 Å². The Morgan fingerprint density at radius 1 is 1.30 bits per heavy atom. The van der Waals surface area contributed by atoms with Crippen LogP contribution in [-0.4, -0.2) is 50.3 Å². The highest BCUT2D eigenvalue weighted by atomic mass is 16.5. The number of nitrogens with one attached hydrogen (secondary N) is 1. The third kappa shape index (κ3) is 3.55. The van der Waals surface area contributed by atoms with Crippen LogP contribution in [0.1, 0.15) is 47.0 Å². The molecule has 0 spiro atoms. The Morgan fingerprint density at radius 3 is 2.70 bits per heavy atom. The van der Waals surface area contributed by atoms with Gasteiger partial charge in [-0.3, -0.25) is 0 Å². The van der Waals surface area contributed by atoms with Crippen molar-refractivity contribution >= 4 is 0 Å². The van der Waals surface area contributed by atoms with Crippen molar-refractivity contribution in [3.8, 4) is 0 Å². The van der Waals surface area contributed by atoms with Crippen molar-refractivity contribution < 1.29 is 4.74 Å². The molecule has 0 radical (unpaired) electrons. The number of methoxy groups -OCH3 is 1. The summed E-state index contributed by atoms with van der Waals surface area (Å²) in [5, 5.41) is 3.75. The molecule has 3 heteroatoms. The number of hydrogen-bond acceptors (Lipinski definition) is 3. The lowest BCUT2D eigenvalue weighted by Gasteiger charge is -2.39. The largest absolute Gasteiger partial charge is 0.380 e. The van der Waals surface area contributed by atoms with E-state index in [0.717, 1.165) is 19.0 Å². The van der Waals surface area contributed by atoms with Crippen molar-refractivity contribution in [1.82, 2.24) is 10.2 Å². The average molecular weight is 282 g/mol. The van der Waals surface area contributed by atoms with Gasteiger partial charge in [0, 0.05) is 26.2 Å². The first-order valence-corrected chi connectivity index (χ1v) is 8.46. The van der Waals surface area contributed by atoms with Crippen molar-refractivity contribution in [2.24, 2.45) is 17.3 Å². The second-order valence-electron chi connectivity index (χ2n) is 7.62. The number of nitrogens with zero attached hydrogens (tertiary/aromatic N) is 1. The third-order valence-electron chi connectivity index (χ3n) is 5.67. The van der Waals surface area contributed by atoms with Crippen molar-refractivity contribution in [2.75, 3.05) is 33.3 Å². The first-order valence-electron chi connectivity index (χ1n) is 8.46. The Balaban J connectivity index is 1.92. The van der Waals surface area contributed by atoms with E-state index in [0.29, 0.717) is 23.5 Å². The topological polar surface area (TPSA) is 24.5 Å². The van der Waals surface area contributed by atoms with Crippen LogP contribution in [0, 0.1) is 17.3 Å². The average Bonchev–Trinajstić information content (AvgIpc) is 2.69. The maximum Gasteiger partial charge on any atom is 0.0724 e. The molecule has 2 fully saturated rings. The Labute approximate surface area is 125 Å². The Morgan fingerprint density at radius 2 is 2.05 bits per heavy atom. The number of hydrogen-bond donors (Lipinski definition) is 1. The van der Waals surface area contributed by atoms with Crippen molar-refractivity contribution in [3.63, 3.8) is 0 Å². The van der Waals surface area contributed by atoms with Gasteiger partial charge < -0.3 is 15.0 Å². The highest BCUT2D eigenvalue weighted by Crippen LogP contribution is 2.41. The summed E-state index contributed by atoms with van der Waals surface area (Å²) >= 11 is 0. The second kappa shape index (κ2) is 6.76. The molecule has 1 heterocycles. The summed E-state index contributed by atoms with van der Waals surface area (Å²) in [7, 11) is 1.87. The molecular formula is C17H34N2O. The monoisotopic (exact) mass is 282 g/mol. The standard InChI is InChI=1S/C17H34N2O/c1-6-18-16-14(7-9-17(16,3)4)11-19-10-8-13(2)15(12-19)20-5/h13-16,18H,6-12H2,1-5H3. The minimum atomic E-state index is 0.427. The zero-order valence-electron chi connectivity index (χ0n) is 14.1. The molecule has 4 unspecified atom stereocenters. The van der Waals surface area contributed by atoms with Gasteiger partial charge in [-0.05, 0) is 49.6 Å². The number of rotatable bonds is 5. The SMILES string of the molecule is CCNC1C(CN2CCC(C)C(OC)C2)CCC1(C)C. The summed E-state index contributed by atoms with van der Waals surface area (Å²) in [6, 6.07) is 0.674. The maximum atomic E-state index is 5.66. The first-order chi connectivity index (χ1) is 9.47. The number of piperidine rings is 1. The zero-order valence-corrected chi connectivity index (χ0v) is 14.1.